The summed E-state index contributed by atoms with van der Waals surface area (Å²) < 4.78 is 25.2. The first-order valence-electron chi connectivity index (χ1n) is 30.2. The van der Waals surface area contributed by atoms with Crippen molar-refractivity contribution in [2.24, 2.45) is 0 Å². The van der Waals surface area contributed by atoms with Gasteiger partial charge in [0, 0.05) is 84.4 Å². The van der Waals surface area contributed by atoms with Gasteiger partial charge in [-0.1, -0.05) is 168 Å². The molecule has 0 aliphatic carbocycles. The largest absolute Gasteiger partial charge is 0.492 e. The number of benzene rings is 10. The minimum atomic E-state index is -0.256. The maximum Gasteiger partial charge on any atom is 0.220 e. The van der Waals surface area contributed by atoms with Crippen molar-refractivity contribution in [3.8, 4) is 23.0 Å². The monoisotopic (exact) mass is 1420 g/mol. The Bertz CT molecular complexity index is 3500. The van der Waals surface area contributed by atoms with Crippen molar-refractivity contribution in [3.63, 3.8) is 0 Å². The summed E-state index contributed by atoms with van der Waals surface area (Å²) in [4.78, 5) is 66.7. The van der Waals surface area contributed by atoms with E-state index in [0.717, 1.165) is 39.2 Å². The van der Waals surface area contributed by atoms with Gasteiger partial charge in [-0.3, -0.25) is 19.2 Å². The van der Waals surface area contributed by atoms with Gasteiger partial charge in [0.25, 0.3) is 0 Å². The van der Waals surface area contributed by atoms with Crippen LogP contribution in [0.1, 0.15) is 41.4 Å². The van der Waals surface area contributed by atoms with E-state index >= 15 is 0 Å². The quantitative estimate of drug-likeness (QED) is 0.116. The number of carbonyl (C=O) groups excluding carboxylic acids is 4. The Balaban J connectivity index is 0.836. The molecule has 7 heterocycles. The van der Waals surface area contributed by atoms with Gasteiger partial charge >= 0.3 is 0 Å². The molecule has 7 aliphatic heterocycles. The molecule has 17 rings (SSSR count). The van der Waals surface area contributed by atoms with E-state index in [9.17, 15) is 19.2 Å². The zero-order valence-electron chi connectivity index (χ0n) is 50.7. The highest BCUT2D eigenvalue weighted by Crippen LogP contribution is 2.38. The van der Waals surface area contributed by atoms with Crippen LogP contribution < -0.4 is 18.9 Å². The highest BCUT2D eigenvalue weighted by Gasteiger charge is 2.28. The van der Waals surface area contributed by atoms with Crippen molar-refractivity contribution in [1.82, 2.24) is 0 Å². The van der Waals surface area contributed by atoms with E-state index < -0.39 is 0 Å². The lowest BCUT2D eigenvalue weighted by Gasteiger charge is -2.19. The van der Waals surface area contributed by atoms with Crippen LogP contribution >= 0.6 is 118 Å². The van der Waals surface area contributed by atoms with Crippen molar-refractivity contribution in [3.05, 3.63) is 289 Å². The van der Waals surface area contributed by atoms with Crippen LogP contribution in [0.3, 0.4) is 0 Å². The smallest absolute Gasteiger partial charge is 0.220 e. The molecule has 0 aromatic heterocycles. The number of hydrogen-bond acceptors (Lipinski definition) is 18. The van der Waals surface area contributed by atoms with E-state index in [-0.39, 0.29) is 67.9 Å². The molecule has 4 atom stereocenters. The van der Waals surface area contributed by atoms with Crippen LogP contribution in [-0.2, 0) is 0 Å². The lowest BCUT2D eigenvalue weighted by Crippen LogP contribution is -2.21. The molecule has 0 amide bonds. The molecule has 4 unspecified atom stereocenters. The van der Waals surface area contributed by atoms with Crippen LogP contribution in [0.2, 0.25) is 0 Å². The van der Waals surface area contributed by atoms with Crippen LogP contribution in [0.25, 0.3) is 0 Å². The minimum Gasteiger partial charge on any atom is -0.492 e. The van der Waals surface area contributed by atoms with Crippen LogP contribution in [0.5, 0.6) is 23.0 Å². The van der Waals surface area contributed by atoms with Crippen molar-refractivity contribution >= 4 is 138 Å². The highest BCUT2D eigenvalue weighted by molar-refractivity contribution is 8.17. The summed E-state index contributed by atoms with van der Waals surface area (Å²) in [5, 5.41) is -1.79. The molecule has 0 radical (unpaired) electrons. The summed E-state index contributed by atoms with van der Waals surface area (Å²) in [7, 11) is 0. The Kier molecular flexibility index (Phi) is 26.9. The standard InChI is InChI=1S/C76H64O8S10/c77-73-69-25-13-14-26-70(69)74(78)92-66(46-82-54-19-7-2-8-20-54)50-86-58-33-41-63(42-34-58)90-64-43-35-60(36-44-64)88-52-68(48-84-56-23-11-4-12-24-56)94-76(80)72-28-16-15-27-71(72)75(79)93-67(47-83-55-21-9-3-10-22-55)51-87-59-31-39-62(40-32-59)89-61-37-29-57(30-38-61)85-49-65(91-73)45-81-53-17-5-1-6-18-53/h1-44,65-68H,45-52H2. The number of rotatable bonds is 12. The second-order valence-corrected chi connectivity index (χ2v) is 32.8. The summed E-state index contributed by atoms with van der Waals surface area (Å²) in [6.45, 7) is 1.13. The third-order valence-corrected chi connectivity index (χ3v) is 25.9. The van der Waals surface area contributed by atoms with Crippen LogP contribution in [-0.4, -0.2) is 90.9 Å². The van der Waals surface area contributed by atoms with E-state index in [1.54, 1.807) is 94.8 Å². The Morgan fingerprint density at radius 1 is 0.234 bits per heavy atom. The van der Waals surface area contributed by atoms with Crippen molar-refractivity contribution in [2.45, 2.75) is 60.2 Å². The van der Waals surface area contributed by atoms with Gasteiger partial charge < -0.3 is 18.9 Å². The summed E-state index contributed by atoms with van der Waals surface area (Å²) in [6, 6.07) is 86.4. The Labute approximate surface area is 592 Å². The van der Waals surface area contributed by atoms with Crippen molar-refractivity contribution in [2.75, 3.05) is 49.4 Å². The van der Waals surface area contributed by atoms with E-state index in [2.05, 4.69) is 97.1 Å². The lowest BCUT2D eigenvalue weighted by molar-refractivity contribution is 0.105. The fourth-order valence-electron chi connectivity index (χ4n) is 9.27. The fourth-order valence-corrected chi connectivity index (χ4v) is 19.0. The maximum absolute atomic E-state index is 14.5. The summed E-state index contributed by atoms with van der Waals surface area (Å²) in [6.07, 6.45) is 0. The molecule has 0 spiro atoms. The average Bonchev–Trinajstić information content (AvgIpc) is 1.23. The van der Waals surface area contributed by atoms with Gasteiger partial charge in [-0.15, -0.1) is 47.0 Å². The zero-order valence-corrected chi connectivity index (χ0v) is 58.9. The molecule has 10 aromatic rings. The second kappa shape index (κ2) is 36.6. The van der Waals surface area contributed by atoms with Crippen molar-refractivity contribution < 1.29 is 38.1 Å². The number of thioether (sulfide) groups is 8. The molecular weight excluding hydrogens is 1360 g/mol. The van der Waals surface area contributed by atoms with Gasteiger partial charge in [-0.25, -0.2) is 0 Å². The zero-order chi connectivity index (χ0) is 64.5. The molecule has 18 heteroatoms. The highest BCUT2D eigenvalue weighted by atomic mass is 32.2. The number of ether oxygens (including phenoxy) is 4. The van der Waals surface area contributed by atoms with Gasteiger partial charge in [0.2, 0.25) is 20.5 Å². The second-order valence-electron chi connectivity index (χ2n) is 21.0. The van der Waals surface area contributed by atoms with Gasteiger partial charge in [0.1, 0.15) is 49.4 Å². The predicted octanol–water partition coefficient (Wildman–Crippen LogP) is 20.8. The summed E-state index contributed by atoms with van der Waals surface area (Å²) in [5.41, 5.74) is 1.46. The normalized spacial score (nSPS) is 17.4. The Morgan fingerprint density at radius 2 is 0.415 bits per heavy atom. The molecule has 0 saturated heterocycles. The third-order valence-electron chi connectivity index (χ3n) is 14.1. The minimum absolute atomic E-state index is 0.193. The first kappa shape index (κ1) is 68.9. The molecule has 0 fully saturated rings. The van der Waals surface area contributed by atoms with E-state index in [1.165, 1.54) is 47.0 Å². The number of carbonyl (C=O) groups is 4. The van der Waals surface area contributed by atoms with Gasteiger partial charge in [0.15, 0.2) is 0 Å². The lowest BCUT2D eigenvalue weighted by atomic mass is 10.1. The molecule has 10 aromatic carbocycles. The fraction of sp³-hybridized carbons (Fsp3) is 0.158. The van der Waals surface area contributed by atoms with Crippen LogP contribution in [0, 0.1) is 0 Å². The van der Waals surface area contributed by atoms with Gasteiger partial charge in [-0.2, -0.15) is 0 Å². The molecule has 7 aliphatic rings. The number of para-hydroxylation sites is 4. The SMILES string of the molecule is O=C1SC(COc2ccccc2)CSc2ccc(cc2)Sc2ccc(cc2)SCC(COc2ccccc2)SC(=O)c2ccccc2C(=O)SC(COc2ccccc2)CSc2ccc(cc2)Sc2ccc(cc2)SCC(COc2ccccc2)SC(=O)c2ccccc21. The summed E-state index contributed by atoms with van der Waals surface area (Å²) in [5.74, 6) is 5.17. The first-order chi connectivity index (χ1) is 46.2. The molecular formula is C76H64O8S10. The predicted molar refractivity (Wildman–Crippen MR) is 400 cm³/mol. The van der Waals surface area contributed by atoms with Crippen LogP contribution in [0.15, 0.2) is 306 Å². The van der Waals surface area contributed by atoms with E-state index in [4.69, 9.17) is 18.9 Å². The number of hydrogen-bond donors (Lipinski definition) is 0. The van der Waals surface area contributed by atoms with Crippen LogP contribution in [0.4, 0.5) is 0 Å². The first-order valence-corrected chi connectivity index (χ1v) is 39.3. The topological polar surface area (TPSA) is 105 Å². The van der Waals surface area contributed by atoms with E-state index in [1.807, 2.05) is 146 Å². The Morgan fingerprint density at radius 3 is 0.617 bits per heavy atom. The van der Waals surface area contributed by atoms with E-state index in [0.29, 0.717) is 68.3 Å². The summed E-state index contributed by atoms with van der Waals surface area (Å²) >= 11 is 14.8. The van der Waals surface area contributed by atoms with Gasteiger partial charge in [-0.05, 0) is 170 Å². The molecule has 8 bridgehead atoms. The molecule has 0 saturated carbocycles. The third kappa shape index (κ3) is 21.8. The maximum atomic E-state index is 14.5. The Hall–Kier alpha value is -6.42. The van der Waals surface area contributed by atoms with Crippen molar-refractivity contribution in [1.29, 1.82) is 0 Å². The van der Waals surface area contributed by atoms with Gasteiger partial charge in [0.05, 0.1) is 21.0 Å². The molecule has 8 nitrogen and oxygen atoms in total. The molecule has 0 N–H and O–H groups in total. The molecule has 94 heavy (non-hydrogen) atoms. The average molecular weight is 1430 g/mol. The molecule has 476 valence electrons.